The maximum atomic E-state index is 12.9. The van der Waals surface area contributed by atoms with Crippen molar-refractivity contribution in [3.63, 3.8) is 0 Å². The van der Waals surface area contributed by atoms with Crippen molar-refractivity contribution in [2.45, 2.75) is 12.6 Å². The predicted molar refractivity (Wildman–Crippen MR) is 101 cm³/mol. The molecule has 3 aromatic rings. The number of benzene rings is 2. The molecular weight excluding hydrogens is 391 g/mol. The maximum absolute atomic E-state index is 12.9. The number of nitrogens with zero attached hydrogens (tertiary/aromatic N) is 2. The second kappa shape index (κ2) is 6.68. The third-order valence-electron chi connectivity index (χ3n) is 4.27. The number of rotatable bonds is 3. The van der Waals surface area contributed by atoms with Crippen LogP contribution in [0.4, 0.5) is 4.79 Å². The summed E-state index contributed by atoms with van der Waals surface area (Å²) in [5.41, 5.74) is 0.557. The van der Waals surface area contributed by atoms with Crippen LogP contribution in [0.2, 0.25) is 10.0 Å². The van der Waals surface area contributed by atoms with E-state index in [1.54, 1.807) is 42.5 Å². The normalized spacial score (nSPS) is 16.4. The Labute approximate surface area is 162 Å². The first kappa shape index (κ1) is 17.5. The lowest BCUT2D eigenvalue weighted by atomic mass is 10.1. The van der Waals surface area contributed by atoms with Gasteiger partial charge in [0, 0.05) is 15.4 Å². The van der Waals surface area contributed by atoms with Crippen LogP contribution in [0, 0.1) is 0 Å². The summed E-state index contributed by atoms with van der Waals surface area (Å²) in [4.78, 5) is 36.5. The zero-order chi connectivity index (χ0) is 19.1. The van der Waals surface area contributed by atoms with E-state index in [1.807, 2.05) is 0 Å². The fourth-order valence-electron chi connectivity index (χ4n) is 3.02. The highest BCUT2D eigenvalue weighted by molar-refractivity contribution is 6.33. The molecule has 2 aromatic carbocycles. The zero-order valence-electron chi connectivity index (χ0n) is 13.7. The SMILES string of the molecule is O=C1NC(=O)C(c2nn(Cc3cc(Cl)ccc3Cl)c(=O)c3ccccc23)N1. The number of aromatic nitrogens is 2. The average molecular weight is 403 g/mol. The molecule has 4 rings (SSSR count). The first-order valence-electron chi connectivity index (χ1n) is 7.99. The van der Waals surface area contributed by atoms with Crippen molar-refractivity contribution >= 4 is 45.9 Å². The summed E-state index contributed by atoms with van der Waals surface area (Å²) in [6.45, 7) is 0.0678. The molecular formula is C18H12Cl2N4O3. The Morgan fingerprint density at radius 3 is 2.48 bits per heavy atom. The van der Waals surface area contributed by atoms with Crippen LogP contribution in [0.3, 0.4) is 0 Å². The van der Waals surface area contributed by atoms with Gasteiger partial charge in [-0.05, 0) is 29.8 Å². The highest BCUT2D eigenvalue weighted by atomic mass is 35.5. The fourth-order valence-corrected chi connectivity index (χ4v) is 3.39. The van der Waals surface area contributed by atoms with Gasteiger partial charge < -0.3 is 5.32 Å². The number of imide groups is 1. The number of hydrogen-bond acceptors (Lipinski definition) is 4. The van der Waals surface area contributed by atoms with Crippen LogP contribution in [0.15, 0.2) is 47.3 Å². The molecule has 0 bridgehead atoms. The minimum absolute atomic E-state index is 0.0678. The molecule has 1 aliphatic heterocycles. The molecule has 1 aromatic heterocycles. The van der Waals surface area contributed by atoms with Crippen molar-refractivity contribution in [1.29, 1.82) is 0 Å². The van der Waals surface area contributed by atoms with Gasteiger partial charge in [-0.15, -0.1) is 0 Å². The summed E-state index contributed by atoms with van der Waals surface area (Å²) in [5, 5.41) is 10.9. The van der Waals surface area contributed by atoms with Gasteiger partial charge in [0.05, 0.1) is 11.9 Å². The van der Waals surface area contributed by atoms with Gasteiger partial charge in [-0.3, -0.25) is 14.9 Å². The molecule has 1 atom stereocenters. The van der Waals surface area contributed by atoms with Crippen molar-refractivity contribution < 1.29 is 9.59 Å². The highest BCUT2D eigenvalue weighted by Crippen LogP contribution is 2.24. The number of carbonyl (C=O) groups is 2. The number of amides is 3. The largest absolute Gasteiger partial charge is 0.322 e. The second-order valence-corrected chi connectivity index (χ2v) is 6.87. The molecule has 1 unspecified atom stereocenters. The van der Waals surface area contributed by atoms with Gasteiger partial charge in [-0.25, -0.2) is 9.48 Å². The van der Waals surface area contributed by atoms with E-state index in [2.05, 4.69) is 15.7 Å². The Morgan fingerprint density at radius 1 is 1.04 bits per heavy atom. The summed E-state index contributed by atoms with van der Waals surface area (Å²) < 4.78 is 1.22. The third-order valence-corrected chi connectivity index (χ3v) is 4.88. The molecule has 0 saturated carbocycles. The van der Waals surface area contributed by atoms with Crippen LogP contribution >= 0.6 is 23.2 Å². The lowest BCUT2D eigenvalue weighted by molar-refractivity contribution is -0.120. The van der Waals surface area contributed by atoms with Crippen LogP contribution in [0.25, 0.3) is 10.8 Å². The first-order valence-corrected chi connectivity index (χ1v) is 8.74. The number of hydrogen-bond donors (Lipinski definition) is 2. The fraction of sp³-hybridized carbons (Fsp3) is 0.111. The molecule has 0 aliphatic carbocycles. The average Bonchev–Trinajstić information content (AvgIpc) is 2.98. The minimum Gasteiger partial charge on any atom is -0.320 e. The first-order chi connectivity index (χ1) is 12.9. The smallest absolute Gasteiger partial charge is 0.320 e. The maximum Gasteiger partial charge on any atom is 0.322 e. The van der Waals surface area contributed by atoms with Gasteiger partial charge in [-0.2, -0.15) is 5.10 Å². The molecule has 9 heteroatoms. The molecule has 27 heavy (non-hydrogen) atoms. The Hall–Kier alpha value is -2.90. The summed E-state index contributed by atoms with van der Waals surface area (Å²) >= 11 is 12.2. The molecule has 1 saturated heterocycles. The number of nitrogens with one attached hydrogen (secondary N) is 2. The van der Waals surface area contributed by atoms with Gasteiger partial charge in [0.25, 0.3) is 11.5 Å². The molecule has 0 radical (unpaired) electrons. The highest BCUT2D eigenvalue weighted by Gasteiger charge is 2.34. The molecule has 136 valence electrons. The van der Waals surface area contributed by atoms with Crippen molar-refractivity contribution in [1.82, 2.24) is 20.4 Å². The predicted octanol–water partition coefficient (Wildman–Crippen LogP) is 2.63. The van der Waals surface area contributed by atoms with Crippen LogP contribution in [0.5, 0.6) is 0 Å². The van der Waals surface area contributed by atoms with E-state index in [0.717, 1.165) is 0 Å². The summed E-state index contributed by atoms with van der Waals surface area (Å²) in [6.07, 6.45) is 0. The van der Waals surface area contributed by atoms with E-state index in [4.69, 9.17) is 23.2 Å². The van der Waals surface area contributed by atoms with Crippen molar-refractivity contribution in [2.75, 3.05) is 0 Å². The van der Waals surface area contributed by atoms with E-state index in [-0.39, 0.29) is 17.8 Å². The molecule has 1 fully saturated rings. The van der Waals surface area contributed by atoms with Crippen LogP contribution in [-0.4, -0.2) is 21.7 Å². The Balaban J connectivity index is 1.90. The molecule has 2 N–H and O–H groups in total. The lowest BCUT2D eigenvalue weighted by Gasteiger charge is -2.14. The van der Waals surface area contributed by atoms with Crippen LogP contribution < -0.4 is 16.2 Å². The Morgan fingerprint density at radius 2 is 1.78 bits per heavy atom. The topological polar surface area (TPSA) is 93.1 Å². The van der Waals surface area contributed by atoms with Gasteiger partial charge >= 0.3 is 6.03 Å². The van der Waals surface area contributed by atoms with Gasteiger partial charge in [0.1, 0.15) is 5.69 Å². The molecule has 1 aliphatic rings. The third kappa shape index (κ3) is 3.15. The van der Waals surface area contributed by atoms with Crippen LogP contribution in [-0.2, 0) is 11.3 Å². The summed E-state index contributed by atoms with van der Waals surface area (Å²) in [5.74, 6) is -0.524. The monoisotopic (exact) mass is 402 g/mol. The van der Waals surface area contributed by atoms with Gasteiger partial charge in [-0.1, -0.05) is 41.4 Å². The number of fused-ring (bicyclic) bond motifs is 1. The second-order valence-electron chi connectivity index (χ2n) is 6.03. The summed E-state index contributed by atoms with van der Waals surface area (Å²) in [6, 6.07) is 10.1. The van der Waals surface area contributed by atoms with Crippen molar-refractivity contribution in [3.8, 4) is 0 Å². The van der Waals surface area contributed by atoms with E-state index in [9.17, 15) is 14.4 Å². The van der Waals surface area contributed by atoms with Crippen molar-refractivity contribution in [2.24, 2.45) is 0 Å². The molecule has 7 nitrogen and oxygen atoms in total. The standard InChI is InChI=1S/C18H12Cl2N4O3/c19-10-5-6-13(20)9(7-10)8-24-17(26)12-4-2-1-3-11(12)14(23-24)15-16(25)22-18(27)21-15/h1-7,15H,8H2,(H2,21,22,25,27). The minimum atomic E-state index is -0.982. The van der Waals surface area contributed by atoms with Crippen LogP contribution in [0.1, 0.15) is 17.3 Å². The number of carbonyl (C=O) groups excluding carboxylic acids is 2. The van der Waals surface area contributed by atoms with E-state index >= 15 is 0 Å². The Kier molecular flexibility index (Phi) is 4.33. The zero-order valence-corrected chi connectivity index (χ0v) is 15.2. The quantitative estimate of drug-likeness (QED) is 0.658. The molecule has 3 amide bonds. The van der Waals surface area contributed by atoms with E-state index < -0.39 is 18.0 Å². The number of urea groups is 1. The van der Waals surface area contributed by atoms with Gasteiger partial charge in [0.15, 0.2) is 6.04 Å². The molecule has 0 spiro atoms. The summed E-state index contributed by atoms with van der Waals surface area (Å²) in [7, 11) is 0. The van der Waals surface area contributed by atoms with E-state index in [0.29, 0.717) is 26.4 Å². The Bertz CT molecular complexity index is 1160. The van der Waals surface area contributed by atoms with E-state index in [1.165, 1.54) is 4.68 Å². The lowest BCUT2D eigenvalue weighted by Crippen LogP contribution is -2.29. The molecule has 2 heterocycles. The van der Waals surface area contributed by atoms with Crippen molar-refractivity contribution in [3.05, 3.63) is 74.1 Å². The van der Waals surface area contributed by atoms with Gasteiger partial charge in [0.2, 0.25) is 0 Å². The number of halogens is 2.